The van der Waals surface area contributed by atoms with E-state index < -0.39 is 11.6 Å². The first kappa shape index (κ1) is 21.1. The summed E-state index contributed by atoms with van der Waals surface area (Å²) in [6.45, 7) is 6.18. The summed E-state index contributed by atoms with van der Waals surface area (Å²) in [7, 11) is 0. The van der Waals surface area contributed by atoms with E-state index in [-0.39, 0.29) is 24.4 Å². The summed E-state index contributed by atoms with van der Waals surface area (Å²) in [6, 6.07) is 11.6. The molecule has 158 valence electrons. The van der Waals surface area contributed by atoms with Crippen LogP contribution in [0.2, 0.25) is 0 Å². The van der Waals surface area contributed by atoms with Crippen LogP contribution in [0.5, 0.6) is 0 Å². The van der Waals surface area contributed by atoms with Crippen molar-refractivity contribution < 1.29 is 13.6 Å². The summed E-state index contributed by atoms with van der Waals surface area (Å²) in [5.74, 6) is -1.60. The Morgan fingerprint density at radius 1 is 1.06 bits per heavy atom. The van der Waals surface area contributed by atoms with Crippen molar-refractivity contribution in [2.24, 2.45) is 0 Å². The van der Waals surface area contributed by atoms with Gasteiger partial charge in [-0.1, -0.05) is 35.1 Å². The molecule has 0 atom stereocenters. The number of benzene rings is 2. The van der Waals surface area contributed by atoms with E-state index in [1.807, 2.05) is 32.9 Å². The predicted octanol–water partition coefficient (Wildman–Crippen LogP) is 5.67. The van der Waals surface area contributed by atoms with E-state index >= 15 is 0 Å². The van der Waals surface area contributed by atoms with Crippen molar-refractivity contribution in [3.8, 4) is 0 Å². The Bertz CT molecular complexity index is 1250. The number of hydrogen-bond donors (Lipinski definition) is 0. The van der Waals surface area contributed by atoms with Gasteiger partial charge in [0.2, 0.25) is 5.91 Å². The number of pyridine rings is 1. The number of carbonyl (C=O) groups excluding carboxylic acids is 1. The lowest BCUT2D eigenvalue weighted by atomic mass is 9.97. The van der Waals surface area contributed by atoms with Crippen LogP contribution >= 0.6 is 11.3 Å². The van der Waals surface area contributed by atoms with E-state index in [1.54, 1.807) is 12.3 Å². The van der Waals surface area contributed by atoms with E-state index in [2.05, 4.69) is 22.1 Å². The molecule has 0 N–H and O–H groups in total. The maximum atomic E-state index is 14.2. The predicted molar refractivity (Wildman–Crippen MR) is 119 cm³/mol. The monoisotopic (exact) mass is 437 g/mol. The summed E-state index contributed by atoms with van der Waals surface area (Å²) in [4.78, 5) is 23.6. The Morgan fingerprint density at radius 2 is 1.81 bits per heavy atom. The van der Waals surface area contributed by atoms with Gasteiger partial charge in [-0.15, -0.1) is 0 Å². The molecule has 0 saturated carbocycles. The molecule has 1 amide bonds. The van der Waals surface area contributed by atoms with Crippen LogP contribution in [0.3, 0.4) is 0 Å². The van der Waals surface area contributed by atoms with Crippen LogP contribution in [0, 0.1) is 32.4 Å². The third-order valence-corrected chi connectivity index (χ3v) is 6.17. The number of thiazole rings is 1. The maximum Gasteiger partial charge on any atom is 0.233 e. The molecule has 0 radical (unpaired) electrons. The lowest BCUT2D eigenvalue weighted by Gasteiger charge is -2.21. The average molecular weight is 438 g/mol. The summed E-state index contributed by atoms with van der Waals surface area (Å²) in [6.07, 6.45) is 1.83. The van der Waals surface area contributed by atoms with Gasteiger partial charge < -0.3 is 0 Å². The fourth-order valence-corrected chi connectivity index (χ4v) is 4.73. The van der Waals surface area contributed by atoms with Crippen LogP contribution in [-0.2, 0) is 17.8 Å². The second-order valence-corrected chi connectivity index (χ2v) is 8.59. The average Bonchev–Trinajstić information content (AvgIpc) is 3.13. The summed E-state index contributed by atoms with van der Waals surface area (Å²) in [5, 5.41) is 0.317. The SMILES string of the molecule is Cc1cc(C)c(CC(=O)N(Cc2ccccn2)c2nc3c(F)cc(F)cc3s2)c(C)c1. The van der Waals surface area contributed by atoms with Crippen LogP contribution in [0.4, 0.5) is 13.9 Å². The lowest BCUT2D eigenvalue weighted by molar-refractivity contribution is -0.118. The highest BCUT2D eigenvalue weighted by Gasteiger charge is 2.23. The Balaban J connectivity index is 1.74. The number of aromatic nitrogens is 2. The topological polar surface area (TPSA) is 46.1 Å². The second-order valence-electron chi connectivity index (χ2n) is 7.59. The molecule has 0 saturated heterocycles. The van der Waals surface area contributed by atoms with E-state index in [4.69, 9.17) is 0 Å². The molecule has 31 heavy (non-hydrogen) atoms. The fraction of sp³-hybridized carbons (Fsp3) is 0.208. The molecule has 0 unspecified atom stereocenters. The highest BCUT2D eigenvalue weighted by molar-refractivity contribution is 7.22. The van der Waals surface area contributed by atoms with Crippen LogP contribution in [-0.4, -0.2) is 15.9 Å². The molecule has 0 aliphatic carbocycles. The highest BCUT2D eigenvalue weighted by atomic mass is 32.1. The molecule has 4 nitrogen and oxygen atoms in total. The van der Waals surface area contributed by atoms with Crippen LogP contribution in [0.25, 0.3) is 10.2 Å². The Labute approximate surface area is 183 Å². The highest BCUT2D eigenvalue weighted by Crippen LogP contribution is 2.32. The number of amides is 1. The van der Waals surface area contributed by atoms with Crippen LogP contribution in [0.1, 0.15) is 27.9 Å². The fourth-order valence-electron chi connectivity index (χ4n) is 3.71. The van der Waals surface area contributed by atoms with Gasteiger partial charge in [-0.3, -0.25) is 14.7 Å². The van der Waals surface area contributed by atoms with E-state index in [9.17, 15) is 13.6 Å². The summed E-state index contributed by atoms with van der Waals surface area (Å²) >= 11 is 1.09. The molecule has 0 aliphatic rings. The Morgan fingerprint density at radius 3 is 2.48 bits per heavy atom. The largest absolute Gasteiger partial charge is 0.282 e. The van der Waals surface area contributed by atoms with Crippen LogP contribution in [0.15, 0.2) is 48.7 Å². The number of carbonyl (C=O) groups is 1. The Hall–Kier alpha value is -3.19. The van der Waals surface area contributed by atoms with Gasteiger partial charge in [-0.2, -0.15) is 0 Å². The zero-order valence-corrected chi connectivity index (χ0v) is 18.3. The zero-order valence-electron chi connectivity index (χ0n) is 17.4. The maximum absolute atomic E-state index is 14.2. The molecule has 2 aromatic carbocycles. The molecular formula is C24H21F2N3OS. The first-order valence-electron chi connectivity index (χ1n) is 9.84. The van der Waals surface area contributed by atoms with Crippen LogP contribution < -0.4 is 4.90 Å². The molecule has 2 heterocycles. The molecule has 4 aromatic rings. The quantitative estimate of drug-likeness (QED) is 0.404. The van der Waals surface area contributed by atoms with E-state index in [1.165, 1.54) is 11.0 Å². The van der Waals surface area contributed by atoms with Gasteiger partial charge in [-0.25, -0.2) is 13.8 Å². The van der Waals surface area contributed by atoms with Gasteiger partial charge in [0.1, 0.15) is 11.3 Å². The normalized spacial score (nSPS) is 11.1. The molecule has 2 aromatic heterocycles. The van der Waals surface area contributed by atoms with Crippen molar-refractivity contribution in [1.29, 1.82) is 0 Å². The number of halogens is 2. The van der Waals surface area contributed by atoms with Gasteiger partial charge >= 0.3 is 0 Å². The molecule has 4 rings (SSSR count). The van der Waals surface area contributed by atoms with Crippen molar-refractivity contribution in [3.05, 3.63) is 88.2 Å². The molecule has 7 heteroatoms. The van der Waals surface area contributed by atoms with Gasteiger partial charge in [0.05, 0.1) is 23.4 Å². The number of anilines is 1. The first-order valence-corrected chi connectivity index (χ1v) is 10.7. The molecule has 0 aliphatic heterocycles. The molecule has 0 bridgehead atoms. The summed E-state index contributed by atoms with van der Waals surface area (Å²) < 4.78 is 28.3. The van der Waals surface area contributed by atoms with Gasteiger partial charge in [0.25, 0.3) is 0 Å². The van der Waals surface area contributed by atoms with Crippen molar-refractivity contribution in [2.75, 3.05) is 4.90 Å². The van der Waals surface area contributed by atoms with Gasteiger partial charge in [0.15, 0.2) is 10.9 Å². The van der Waals surface area contributed by atoms with Crippen molar-refractivity contribution in [1.82, 2.24) is 9.97 Å². The zero-order chi connectivity index (χ0) is 22.1. The first-order chi connectivity index (χ1) is 14.8. The van der Waals surface area contributed by atoms with Gasteiger partial charge in [-0.05, 0) is 55.7 Å². The lowest BCUT2D eigenvalue weighted by Crippen LogP contribution is -2.32. The summed E-state index contributed by atoms with van der Waals surface area (Å²) in [5.41, 5.74) is 4.92. The molecular weight excluding hydrogens is 416 g/mol. The minimum atomic E-state index is -0.743. The van der Waals surface area contributed by atoms with E-state index in [0.717, 1.165) is 39.7 Å². The van der Waals surface area contributed by atoms with Crippen molar-refractivity contribution in [2.45, 2.75) is 33.7 Å². The molecule has 0 spiro atoms. The number of nitrogens with zero attached hydrogens (tertiary/aromatic N) is 3. The number of aryl methyl sites for hydroxylation is 3. The van der Waals surface area contributed by atoms with Gasteiger partial charge in [0, 0.05) is 12.3 Å². The number of hydrogen-bond acceptors (Lipinski definition) is 4. The molecule has 0 fully saturated rings. The van der Waals surface area contributed by atoms with Crippen molar-refractivity contribution in [3.63, 3.8) is 0 Å². The standard InChI is InChI=1S/C24H21F2N3OS/c1-14-8-15(2)19(16(3)9-14)12-22(30)29(13-18-6-4-5-7-27-18)24-28-23-20(26)10-17(25)11-21(23)31-24/h4-11H,12-13H2,1-3H3. The Kier molecular flexibility index (Phi) is 5.78. The minimum Gasteiger partial charge on any atom is -0.282 e. The number of fused-ring (bicyclic) bond motifs is 1. The second kappa shape index (κ2) is 8.51. The number of rotatable bonds is 5. The third-order valence-electron chi connectivity index (χ3n) is 5.15. The van der Waals surface area contributed by atoms with Crippen molar-refractivity contribution >= 4 is 32.6 Å². The van der Waals surface area contributed by atoms with E-state index in [0.29, 0.717) is 15.5 Å². The minimum absolute atomic E-state index is 0.0583. The third kappa shape index (κ3) is 4.46. The smallest absolute Gasteiger partial charge is 0.233 e.